The fourth-order valence-corrected chi connectivity index (χ4v) is 4.41. The molecule has 1 aromatic carbocycles. The molecule has 0 amide bonds. The maximum atomic E-state index is 13.8. The number of aromatic amines is 1. The first kappa shape index (κ1) is 18.4. The second-order valence-corrected chi connectivity index (χ2v) is 8.36. The summed E-state index contributed by atoms with van der Waals surface area (Å²) in [6.45, 7) is 2.02. The Bertz CT molecular complexity index is 1490. The summed E-state index contributed by atoms with van der Waals surface area (Å²) >= 11 is 6.31. The third-order valence-corrected chi connectivity index (χ3v) is 6.16. The van der Waals surface area contributed by atoms with Gasteiger partial charge >= 0.3 is 0 Å². The summed E-state index contributed by atoms with van der Waals surface area (Å²) in [5.74, 6) is 0.835. The van der Waals surface area contributed by atoms with E-state index < -0.39 is 0 Å². The molecule has 5 aromatic rings. The number of hydrogen-bond acceptors (Lipinski definition) is 4. The summed E-state index contributed by atoms with van der Waals surface area (Å²) in [6, 6.07) is 8.11. The first-order chi connectivity index (χ1) is 15.1. The van der Waals surface area contributed by atoms with E-state index >= 15 is 0 Å². The van der Waals surface area contributed by atoms with Crippen molar-refractivity contribution < 1.29 is 4.39 Å². The zero-order valence-corrected chi connectivity index (χ0v) is 17.4. The van der Waals surface area contributed by atoms with Gasteiger partial charge in [-0.05, 0) is 61.6 Å². The van der Waals surface area contributed by atoms with Gasteiger partial charge in [0.2, 0.25) is 0 Å². The number of H-pyrrole nitrogens is 1. The summed E-state index contributed by atoms with van der Waals surface area (Å²) < 4.78 is 13.8. The van der Waals surface area contributed by atoms with Crippen LogP contribution < -0.4 is 0 Å². The first-order valence-corrected chi connectivity index (χ1v) is 10.5. The lowest BCUT2D eigenvalue weighted by Gasteiger charge is -2.09. The van der Waals surface area contributed by atoms with Gasteiger partial charge in [-0.25, -0.2) is 19.3 Å². The summed E-state index contributed by atoms with van der Waals surface area (Å²) in [6.07, 6.45) is 7.85. The molecule has 0 bridgehead atoms. The molecule has 0 aliphatic heterocycles. The van der Waals surface area contributed by atoms with Gasteiger partial charge in [-0.3, -0.25) is 4.98 Å². The Kier molecular flexibility index (Phi) is 4.05. The number of aromatic nitrogens is 5. The van der Waals surface area contributed by atoms with Crippen LogP contribution in [0.1, 0.15) is 30.0 Å². The van der Waals surface area contributed by atoms with Crippen molar-refractivity contribution in [2.24, 2.45) is 0 Å². The Balaban J connectivity index is 1.54. The quantitative estimate of drug-likeness (QED) is 0.370. The van der Waals surface area contributed by atoms with Crippen LogP contribution in [0.2, 0.25) is 5.02 Å². The maximum absolute atomic E-state index is 13.8. The van der Waals surface area contributed by atoms with Crippen LogP contribution in [0, 0.1) is 12.7 Å². The van der Waals surface area contributed by atoms with Gasteiger partial charge in [0.25, 0.3) is 0 Å². The second kappa shape index (κ2) is 6.82. The van der Waals surface area contributed by atoms with Gasteiger partial charge in [-0.15, -0.1) is 0 Å². The van der Waals surface area contributed by atoms with Crippen LogP contribution in [-0.2, 0) is 0 Å². The molecule has 5 nitrogen and oxygen atoms in total. The molecule has 0 atom stereocenters. The van der Waals surface area contributed by atoms with Crippen LogP contribution in [0.25, 0.3) is 44.6 Å². The predicted molar refractivity (Wildman–Crippen MR) is 120 cm³/mol. The fraction of sp³-hybridized carbons (Fsp3) is 0.167. The van der Waals surface area contributed by atoms with Crippen molar-refractivity contribution in [3.05, 3.63) is 71.0 Å². The molecule has 6 rings (SSSR count). The monoisotopic (exact) mass is 429 g/mol. The molecule has 0 radical (unpaired) electrons. The van der Waals surface area contributed by atoms with Crippen LogP contribution in [0.5, 0.6) is 0 Å². The lowest BCUT2D eigenvalue weighted by molar-refractivity contribution is 0.628. The summed E-state index contributed by atoms with van der Waals surface area (Å²) in [5, 5.41) is 2.42. The van der Waals surface area contributed by atoms with E-state index in [1.165, 1.54) is 30.5 Å². The topological polar surface area (TPSA) is 67.3 Å². The smallest absolute Gasteiger partial charge is 0.160 e. The highest BCUT2D eigenvalue weighted by Crippen LogP contribution is 2.43. The minimum atomic E-state index is -0.348. The molecule has 0 unspecified atom stereocenters. The molecule has 1 aliphatic carbocycles. The number of halogens is 2. The fourth-order valence-electron chi connectivity index (χ4n) is 4.19. The molecule has 1 fully saturated rings. The van der Waals surface area contributed by atoms with Crippen LogP contribution >= 0.6 is 11.6 Å². The molecular weight excluding hydrogens is 413 g/mol. The third kappa shape index (κ3) is 3.06. The van der Waals surface area contributed by atoms with E-state index in [4.69, 9.17) is 21.6 Å². The van der Waals surface area contributed by atoms with E-state index in [0.717, 1.165) is 27.5 Å². The SMILES string of the molecule is Cc1nc(-c2ccnc3[nH]c(-c4cc(F)ccc4Cl)cc23)nc2cncc(C3CC3)c12. The largest absolute Gasteiger partial charge is 0.339 e. The third-order valence-electron chi connectivity index (χ3n) is 5.83. The lowest BCUT2D eigenvalue weighted by Crippen LogP contribution is -1.98. The van der Waals surface area contributed by atoms with E-state index in [1.54, 1.807) is 18.5 Å². The normalized spacial score (nSPS) is 13.9. The minimum absolute atomic E-state index is 0.348. The van der Waals surface area contributed by atoms with Crippen molar-refractivity contribution in [3.8, 4) is 22.6 Å². The number of fused-ring (bicyclic) bond motifs is 2. The van der Waals surface area contributed by atoms with Crippen LogP contribution in [0.15, 0.2) is 48.9 Å². The van der Waals surface area contributed by atoms with Crippen LogP contribution in [0.3, 0.4) is 0 Å². The summed E-state index contributed by atoms with van der Waals surface area (Å²) in [7, 11) is 0. The number of benzene rings is 1. The van der Waals surface area contributed by atoms with Crippen molar-refractivity contribution in [1.29, 1.82) is 0 Å². The highest BCUT2D eigenvalue weighted by molar-refractivity contribution is 6.33. The summed E-state index contributed by atoms with van der Waals surface area (Å²) in [5.41, 5.74) is 5.82. The Labute approximate surface area is 182 Å². The molecule has 4 aromatic heterocycles. The molecule has 1 aliphatic rings. The average Bonchev–Trinajstić information content (AvgIpc) is 3.52. The standard InChI is InChI=1S/C24H17ClFN5/c1-12-22-18(13-2-3-13)10-27-11-21(22)31-24(29-12)15-6-7-28-23-16(15)9-20(30-23)17-8-14(26)4-5-19(17)25/h4-11,13H,2-3H2,1H3,(H,28,30). The Morgan fingerprint density at radius 2 is 1.94 bits per heavy atom. The number of nitrogens with zero attached hydrogens (tertiary/aromatic N) is 4. The van der Waals surface area contributed by atoms with E-state index in [0.29, 0.717) is 33.7 Å². The molecule has 7 heteroatoms. The van der Waals surface area contributed by atoms with Gasteiger partial charge in [-0.1, -0.05) is 11.6 Å². The molecule has 152 valence electrons. The molecule has 1 N–H and O–H groups in total. The Morgan fingerprint density at radius 3 is 2.77 bits per heavy atom. The zero-order valence-electron chi connectivity index (χ0n) is 16.7. The predicted octanol–water partition coefficient (Wildman–Crippen LogP) is 6.21. The second-order valence-electron chi connectivity index (χ2n) is 7.96. The molecule has 0 spiro atoms. The van der Waals surface area contributed by atoms with Gasteiger partial charge < -0.3 is 4.98 Å². The highest BCUT2D eigenvalue weighted by atomic mass is 35.5. The van der Waals surface area contributed by atoms with E-state index in [1.807, 2.05) is 25.3 Å². The number of nitrogens with one attached hydrogen (secondary N) is 1. The van der Waals surface area contributed by atoms with Gasteiger partial charge in [-0.2, -0.15) is 0 Å². The van der Waals surface area contributed by atoms with Crippen molar-refractivity contribution >= 4 is 33.5 Å². The molecule has 0 saturated heterocycles. The number of aryl methyl sites for hydroxylation is 1. The van der Waals surface area contributed by atoms with E-state index in [9.17, 15) is 4.39 Å². The molecule has 4 heterocycles. The minimum Gasteiger partial charge on any atom is -0.339 e. The number of rotatable bonds is 3. The Morgan fingerprint density at radius 1 is 1.06 bits per heavy atom. The van der Waals surface area contributed by atoms with E-state index in [-0.39, 0.29) is 5.82 Å². The van der Waals surface area contributed by atoms with Gasteiger partial charge in [0.15, 0.2) is 5.82 Å². The average molecular weight is 430 g/mol. The first-order valence-electron chi connectivity index (χ1n) is 10.1. The van der Waals surface area contributed by atoms with Gasteiger partial charge in [0, 0.05) is 45.7 Å². The Hall–Kier alpha value is -3.38. The summed E-state index contributed by atoms with van der Waals surface area (Å²) in [4.78, 5) is 21.8. The van der Waals surface area contributed by atoms with Crippen molar-refractivity contribution in [2.75, 3.05) is 0 Å². The van der Waals surface area contributed by atoms with Gasteiger partial charge in [0.1, 0.15) is 11.5 Å². The van der Waals surface area contributed by atoms with E-state index in [2.05, 4.69) is 15.0 Å². The van der Waals surface area contributed by atoms with Crippen LogP contribution in [-0.4, -0.2) is 24.9 Å². The molecule has 31 heavy (non-hydrogen) atoms. The van der Waals surface area contributed by atoms with Crippen molar-refractivity contribution in [3.63, 3.8) is 0 Å². The number of pyridine rings is 2. The van der Waals surface area contributed by atoms with Crippen LogP contribution in [0.4, 0.5) is 4.39 Å². The molecule has 1 saturated carbocycles. The van der Waals surface area contributed by atoms with Gasteiger partial charge in [0.05, 0.1) is 16.7 Å². The lowest BCUT2D eigenvalue weighted by atomic mass is 10.1. The van der Waals surface area contributed by atoms with Crippen molar-refractivity contribution in [2.45, 2.75) is 25.7 Å². The zero-order chi connectivity index (χ0) is 21.1. The molecular formula is C24H17ClFN5. The maximum Gasteiger partial charge on any atom is 0.160 e. The highest BCUT2D eigenvalue weighted by Gasteiger charge is 2.27. The number of hydrogen-bond donors (Lipinski definition) is 1. The van der Waals surface area contributed by atoms with Crippen molar-refractivity contribution in [1.82, 2.24) is 24.9 Å².